The highest BCUT2D eigenvalue weighted by molar-refractivity contribution is 5.76. The van der Waals surface area contributed by atoms with Crippen LogP contribution in [0.4, 0.5) is 0 Å². The molecule has 0 spiro atoms. The zero-order valence-corrected chi connectivity index (χ0v) is 7.60. The van der Waals surface area contributed by atoms with E-state index in [1.807, 2.05) is 6.07 Å². The topological polar surface area (TPSA) is 51.6 Å². The molecular formula is C9H10N4. The summed E-state index contributed by atoms with van der Waals surface area (Å²) in [5.74, 6) is 0.416. The molecule has 0 aliphatic heterocycles. The van der Waals surface area contributed by atoms with Crippen LogP contribution in [-0.2, 0) is 0 Å². The zero-order valence-electron chi connectivity index (χ0n) is 7.60. The highest BCUT2D eigenvalue weighted by Gasteiger charge is 2.02. The largest absolute Gasteiger partial charge is 0.260 e. The van der Waals surface area contributed by atoms with Gasteiger partial charge in [-0.15, -0.1) is 10.2 Å². The Morgan fingerprint density at radius 3 is 2.85 bits per heavy atom. The van der Waals surface area contributed by atoms with Crippen molar-refractivity contribution in [3.63, 3.8) is 0 Å². The Morgan fingerprint density at radius 2 is 2.08 bits per heavy atom. The molecule has 0 radical (unpaired) electrons. The maximum atomic E-state index is 4.30. The Hall–Kier alpha value is -1.58. The van der Waals surface area contributed by atoms with E-state index in [9.17, 15) is 0 Å². The minimum absolute atomic E-state index is 0.416. The summed E-state index contributed by atoms with van der Waals surface area (Å²) in [7, 11) is 0. The van der Waals surface area contributed by atoms with E-state index in [0.717, 1.165) is 16.6 Å². The average molecular weight is 174 g/mol. The Balaban J connectivity index is 2.62. The number of nitrogens with zero attached hydrogens (tertiary/aromatic N) is 4. The van der Waals surface area contributed by atoms with Crippen LogP contribution in [0, 0.1) is 0 Å². The van der Waals surface area contributed by atoms with Gasteiger partial charge in [-0.05, 0) is 17.2 Å². The van der Waals surface area contributed by atoms with E-state index in [2.05, 4.69) is 34.2 Å². The first kappa shape index (κ1) is 8.04. The quantitative estimate of drug-likeness (QED) is 0.658. The van der Waals surface area contributed by atoms with Gasteiger partial charge in [0.2, 0.25) is 0 Å². The molecule has 0 aliphatic rings. The van der Waals surface area contributed by atoms with Gasteiger partial charge < -0.3 is 0 Å². The number of rotatable bonds is 1. The van der Waals surface area contributed by atoms with Gasteiger partial charge in [-0.2, -0.15) is 0 Å². The molecule has 13 heavy (non-hydrogen) atoms. The van der Waals surface area contributed by atoms with Crippen LogP contribution in [-0.4, -0.2) is 20.4 Å². The van der Waals surface area contributed by atoms with E-state index < -0.39 is 0 Å². The summed E-state index contributed by atoms with van der Waals surface area (Å²) >= 11 is 0. The predicted octanol–water partition coefficient (Wildman–Crippen LogP) is 1.54. The van der Waals surface area contributed by atoms with Gasteiger partial charge >= 0.3 is 0 Å². The molecule has 0 aliphatic carbocycles. The van der Waals surface area contributed by atoms with E-state index in [-0.39, 0.29) is 0 Å². The number of hydrogen-bond donors (Lipinski definition) is 0. The van der Waals surface area contributed by atoms with Gasteiger partial charge in [0.1, 0.15) is 0 Å². The van der Waals surface area contributed by atoms with E-state index in [4.69, 9.17) is 0 Å². The molecule has 0 aromatic carbocycles. The van der Waals surface area contributed by atoms with Crippen molar-refractivity contribution < 1.29 is 0 Å². The number of pyridine rings is 1. The predicted molar refractivity (Wildman–Crippen MR) is 49.2 cm³/mol. The van der Waals surface area contributed by atoms with Crippen LogP contribution < -0.4 is 0 Å². The summed E-state index contributed by atoms with van der Waals surface area (Å²) in [6.07, 6.45) is 3.45. The summed E-state index contributed by atoms with van der Waals surface area (Å²) in [6.45, 7) is 4.20. The minimum atomic E-state index is 0.416. The van der Waals surface area contributed by atoms with Crippen molar-refractivity contribution in [3.8, 4) is 0 Å². The third-order valence-corrected chi connectivity index (χ3v) is 1.93. The van der Waals surface area contributed by atoms with Crippen molar-refractivity contribution in [1.29, 1.82) is 0 Å². The van der Waals surface area contributed by atoms with Gasteiger partial charge in [0, 0.05) is 17.3 Å². The Labute approximate surface area is 76.0 Å². The van der Waals surface area contributed by atoms with Crippen molar-refractivity contribution in [1.82, 2.24) is 20.4 Å². The molecule has 4 heteroatoms. The Morgan fingerprint density at radius 1 is 1.23 bits per heavy atom. The fourth-order valence-electron chi connectivity index (χ4n) is 1.13. The third kappa shape index (κ3) is 1.47. The normalized spacial score (nSPS) is 11.0. The summed E-state index contributed by atoms with van der Waals surface area (Å²) in [5.41, 5.74) is 1.89. The van der Waals surface area contributed by atoms with Crippen molar-refractivity contribution in [2.24, 2.45) is 0 Å². The monoisotopic (exact) mass is 174 g/mol. The fraction of sp³-hybridized carbons (Fsp3) is 0.333. The Bertz CT molecular complexity index is 425. The first-order valence-corrected chi connectivity index (χ1v) is 4.21. The van der Waals surface area contributed by atoms with E-state index >= 15 is 0 Å². The molecule has 0 fully saturated rings. The Kier molecular flexibility index (Phi) is 1.88. The van der Waals surface area contributed by atoms with Gasteiger partial charge in [-0.3, -0.25) is 4.98 Å². The van der Waals surface area contributed by atoms with Crippen LogP contribution in [0.25, 0.3) is 10.9 Å². The molecule has 0 saturated heterocycles. The van der Waals surface area contributed by atoms with E-state index in [1.165, 1.54) is 0 Å². The van der Waals surface area contributed by atoms with E-state index in [0.29, 0.717) is 5.92 Å². The second kappa shape index (κ2) is 3.05. The molecule has 2 heterocycles. The van der Waals surface area contributed by atoms with Gasteiger partial charge in [-0.1, -0.05) is 13.8 Å². The first-order chi connectivity index (χ1) is 6.27. The lowest BCUT2D eigenvalue weighted by molar-refractivity contribution is 0.821. The highest BCUT2D eigenvalue weighted by atomic mass is 15.3. The lowest BCUT2D eigenvalue weighted by Crippen LogP contribution is -1.94. The van der Waals surface area contributed by atoms with Crippen LogP contribution in [0.15, 0.2) is 18.5 Å². The lowest BCUT2D eigenvalue weighted by atomic mass is 10.1. The fourth-order valence-corrected chi connectivity index (χ4v) is 1.13. The van der Waals surface area contributed by atoms with Gasteiger partial charge in [0.15, 0.2) is 0 Å². The smallest absolute Gasteiger partial charge is 0.0997 e. The summed E-state index contributed by atoms with van der Waals surface area (Å²) in [4.78, 5) is 4.30. The van der Waals surface area contributed by atoms with Gasteiger partial charge in [-0.25, -0.2) is 0 Å². The summed E-state index contributed by atoms with van der Waals surface area (Å²) in [5, 5.41) is 12.1. The molecule has 2 aromatic heterocycles. The second-order valence-corrected chi connectivity index (χ2v) is 3.26. The van der Waals surface area contributed by atoms with Crippen LogP contribution in [0.3, 0.4) is 0 Å². The van der Waals surface area contributed by atoms with Crippen molar-refractivity contribution in [2.45, 2.75) is 19.8 Å². The minimum Gasteiger partial charge on any atom is -0.260 e. The van der Waals surface area contributed by atoms with Crippen molar-refractivity contribution in [3.05, 3.63) is 24.2 Å². The van der Waals surface area contributed by atoms with Crippen molar-refractivity contribution >= 4 is 10.9 Å². The van der Waals surface area contributed by atoms with Crippen LogP contribution in [0.2, 0.25) is 0 Å². The summed E-state index contributed by atoms with van der Waals surface area (Å²) in [6, 6.07) is 1.95. The molecule has 0 bridgehead atoms. The second-order valence-electron chi connectivity index (χ2n) is 3.26. The molecule has 0 N–H and O–H groups in total. The zero-order chi connectivity index (χ0) is 9.26. The van der Waals surface area contributed by atoms with Gasteiger partial charge in [0.05, 0.1) is 11.7 Å². The lowest BCUT2D eigenvalue weighted by Gasteiger charge is -2.03. The number of hydrogen-bond acceptors (Lipinski definition) is 4. The SMILES string of the molecule is CC(C)c1cc2nnncc2cn1. The molecule has 0 amide bonds. The third-order valence-electron chi connectivity index (χ3n) is 1.93. The number of fused-ring (bicyclic) bond motifs is 1. The number of aromatic nitrogens is 4. The molecule has 0 atom stereocenters. The maximum absolute atomic E-state index is 4.30. The average Bonchev–Trinajstić information content (AvgIpc) is 2.17. The highest BCUT2D eigenvalue weighted by Crippen LogP contribution is 2.15. The first-order valence-electron chi connectivity index (χ1n) is 4.21. The molecule has 2 aromatic rings. The molecule has 2 rings (SSSR count). The summed E-state index contributed by atoms with van der Waals surface area (Å²) < 4.78 is 0. The maximum Gasteiger partial charge on any atom is 0.0997 e. The molecule has 4 nitrogen and oxygen atoms in total. The van der Waals surface area contributed by atoms with Gasteiger partial charge in [0.25, 0.3) is 0 Å². The van der Waals surface area contributed by atoms with Crippen molar-refractivity contribution in [2.75, 3.05) is 0 Å². The molecular weight excluding hydrogens is 164 g/mol. The van der Waals surface area contributed by atoms with Crippen LogP contribution >= 0.6 is 0 Å². The molecule has 0 saturated carbocycles. The van der Waals surface area contributed by atoms with E-state index in [1.54, 1.807) is 12.4 Å². The standard InChI is InChI=1S/C9H10N4/c1-6(2)8-3-9-7(4-10-8)5-11-13-12-9/h3-6H,1-2H3. The van der Waals surface area contributed by atoms with Crippen LogP contribution in [0.5, 0.6) is 0 Å². The molecule has 66 valence electrons. The van der Waals surface area contributed by atoms with Crippen LogP contribution in [0.1, 0.15) is 25.5 Å². The molecule has 0 unspecified atom stereocenters.